The van der Waals surface area contributed by atoms with E-state index in [1.165, 1.54) is 12.0 Å². The van der Waals surface area contributed by atoms with Crippen LogP contribution >= 0.6 is 0 Å². The summed E-state index contributed by atoms with van der Waals surface area (Å²) in [6.07, 6.45) is 1.05. The van der Waals surface area contributed by atoms with Crippen molar-refractivity contribution >= 4 is 27.5 Å². The minimum atomic E-state index is -3.76. The summed E-state index contributed by atoms with van der Waals surface area (Å²) in [4.78, 5) is 27.3. The number of carbonyl (C=O) groups excluding carboxylic acids is 2. The van der Waals surface area contributed by atoms with Crippen molar-refractivity contribution < 1.29 is 22.7 Å². The van der Waals surface area contributed by atoms with Crippen LogP contribution in [0.25, 0.3) is 0 Å². The first-order valence-electron chi connectivity index (χ1n) is 10.3. The first kappa shape index (κ1) is 25.2. The quantitative estimate of drug-likeness (QED) is 0.586. The van der Waals surface area contributed by atoms with E-state index in [0.717, 1.165) is 21.7 Å². The zero-order valence-corrected chi connectivity index (χ0v) is 20.0. The summed E-state index contributed by atoms with van der Waals surface area (Å²) < 4.78 is 31.2. The Morgan fingerprint density at radius 1 is 1.09 bits per heavy atom. The van der Waals surface area contributed by atoms with Crippen LogP contribution in [0.1, 0.15) is 25.0 Å². The SMILES string of the molecule is CCNC(=O)[C@H](C)N(Cc1ccccc1C)C(=O)CN(c1ccc(OC)cc1)S(C)(=O)=O. The lowest BCUT2D eigenvalue weighted by atomic mass is 10.1. The molecule has 9 heteroatoms. The fraction of sp³-hybridized carbons (Fsp3) is 0.391. The number of carbonyl (C=O) groups is 2. The van der Waals surface area contributed by atoms with Crippen LogP contribution in [0.2, 0.25) is 0 Å². The molecule has 0 aliphatic heterocycles. The Kier molecular flexibility index (Phi) is 8.65. The maximum absolute atomic E-state index is 13.4. The number of anilines is 1. The van der Waals surface area contributed by atoms with E-state index in [0.29, 0.717) is 18.0 Å². The van der Waals surface area contributed by atoms with Crippen LogP contribution < -0.4 is 14.4 Å². The molecule has 2 aromatic rings. The third-order valence-corrected chi connectivity index (χ3v) is 6.30. The Labute approximate surface area is 190 Å². The molecule has 0 saturated heterocycles. The average molecular weight is 462 g/mol. The van der Waals surface area contributed by atoms with Gasteiger partial charge >= 0.3 is 0 Å². The van der Waals surface area contributed by atoms with E-state index < -0.39 is 28.5 Å². The van der Waals surface area contributed by atoms with E-state index in [-0.39, 0.29) is 12.5 Å². The molecule has 174 valence electrons. The zero-order chi connectivity index (χ0) is 23.9. The maximum atomic E-state index is 13.4. The summed E-state index contributed by atoms with van der Waals surface area (Å²) in [7, 11) is -2.25. The fourth-order valence-electron chi connectivity index (χ4n) is 3.24. The average Bonchev–Trinajstić information content (AvgIpc) is 2.75. The molecule has 1 N–H and O–H groups in total. The molecule has 1 atom stereocenters. The second kappa shape index (κ2) is 11.0. The molecule has 0 radical (unpaired) electrons. The molecule has 32 heavy (non-hydrogen) atoms. The minimum absolute atomic E-state index is 0.185. The monoisotopic (exact) mass is 461 g/mol. The zero-order valence-electron chi connectivity index (χ0n) is 19.2. The normalized spacial score (nSPS) is 12.0. The number of aryl methyl sites for hydroxylation is 1. The first-order valence-corrected chi connectivity index (χ1v) is 12.2. The second-order valence-corrected chi connectivity index (χ2v) is 9.39. The van der Waals surface area contributed by atoms with Crippen LogP contribution in [-0.2, 0) is 26.2 Å². The molecule has 0 fully saturated rings. The Morgan fingerprint density at radius 3 is 2.25 bits per heavy atom. The summed E-state index contributed by atoms with van der Waals surface area (Å²) in [5, 5.41) is 2.73. The Bertz CT molecular complexity index is 1040. The van der Waals surface area contributed by atoms with E-state index in [9.17, 15) is 18.0 Å². The summed E-state index contributed by atoms with van der Waals surface area (Å²) in [5.41, 5.74) is 2.19. The van der Waals surface area contributed by atoms with Crippen LogP contribution in [0.15, 0.2) is 48.5 Å². The predicted octanol–water partition coefficient (Wildman–Crippen LogP) is 2.32. The van der Waals surface area contributed by atoms with Gasteiger partial charge in [0, 0.05) is 13.1 Å². The van der Waals surface area contributed by atoms with Crippen molar-refractivity contribution in [3.05, 3.63) is 59.7 Å². The maximum Gasteiger partial charge on any atom is 0.244 e. The molecular weight excluding hydrogens is 430 g/mol. The van der Waals surface area contributed by atoms with Gasteiger partial charge in [-0.25, -0.2) is 8.42 Å². The van der Waals surface area contributed by atoms with Crippen molar-refractivity contribution in [2.45, 2.75) is 33.4 Å². The number of ether oxygens (including phenoxy) is 1. The summed E-state index contributed by atoms with van der Waals surface area (Å²) >= 11 is 0. The van der Waals surface area contributed by atoms with Crippen molar-refractivity contribution in [3.8, 4) is 5.75 Å². The number of hydrogen-bond acceptors (Lipinski definition) is 5. The molecule has 0 aliphatic carbocycles. The summed E-state index contributed by atoms with van der Waals surface area (Å²) in [6, 6.07) is 13.2. The van der Waals surface area contributed by atoms with Gasteiger partial charge in [-0.3, -0.25) is 13.9 Å². The molecule has 0 bridgehead atoms. The lowest BCUT2D eigenvalue weighted by Crippen LogP contribution is -2.51. The van der Waals surface area contributed by atoms with Gasteiger partial charge in [0.1, 0.15) is 18.3 Å². The molecule has 8 nitrogen and oxygen atoms in total. The van der Waals surface area contributed by atoms with E-state index in [4.69, 9.17) is 4.74 Å². The lowest BCUT2D eigenvalue weighted by Gasteiger charge is -2.31. The van der Waals surface area contributed by atoms with E-state index >= 15 is 0 Å². The highest BCUT2D eigenvalue weighted by molar-refractivity contribution is 7.92. The van der Waals surface area contributed by atoms with Gasteiger partial charge in [-0.2, -0.15) is 0 Å². The van der Waals surface area contributed by atoms with E-state index in [1.54, 1.807) is 38.1 Å². The van der Waals surface area contributed by atoms with Crippen LogP contribution in [0.4, 0.5) is 5.69 Å². The minimum Gasteiger partial charge on any atom is -0.497 e. The van der Waals surface area contributed by atoms with Crippen molar-refractivity contribution in [2.75, 3.05) is 30.8 Å². The number of nitrogens with one attached hydrogen (secondary N) is 1. The van der Waals surface area contributed by atoms with Gasteiger partial charge in [-0.1, -0.05) is 24.3 Å². The van der Waals surface area contributed by atoms with Crippen LogP contribution in [0.5, 0.6) is 5.75 Å². The van der Waals surface area contributed by atoms with Gasteiger partial charge in [-0.15, -0.1) is 0 Å². The third kappa shape index (κ3) is 6.46. The number of hydrogen-bond donors (Lipinski definition) is 1. The molecule has 2 rings (SSSR count). The summed E-state index contributed by atoms with van der Waals surface area (Å²) in [6.45, 7) is 5.54. The highest BCUT2D eigenvalue weighted by Gasteiger charge is 2.30. The van der Waals surface area contributed by atoms with Gasteiger partial charge in [0.15, 0.2) is 0 Å². The second-order valence-electron chi connectivity index (χ2n) is 7.49. The van der Waals surface area contributed by atoms with Gasteiger partial charge < -0.3 is 15.0 Å². The van der Waals surface area contributed by atoms with Crippen LogP contribution in [-0.4, -0.2) is 57.6 Å². The first-order chi connectivity index (χ1) is 15.1. The number of rotatable bonds is 10. The van der Waals surface area contributed by atoms with Crippen molar-refractivity contribution in [3.63, 3.8) is 0 Å². The van der Waals surface area contributed by atoms with Gasteiger partial charge in [0.25, 0.3) is 0 Å². The third-order valence-electron chi connectivity index (χ3n) is 5.16. The Hall–Kier alpha value is -3.07. The van der Waals surface area contributed by atoms with Crippen LogP contribution in [0, 0.1) is 6.92 Å². The topological polar surface area (TPSA) is 96.0 Å². The highest BCUT2D eigenvalue weighted by Crippen LogP contribution is 2.22. The summed E-state index contributed by atoms with van der Waals surface area (Å²) in [5.74, 6) is -0.211. The molecular formula is C23H31N3O5S. The predicted molar refractivity (Wildman–Crippen MR) is 125 cm³/mol. The molecule has 0 aromatic heterocycles. The van der Waals surface area contributed by atoms with Crippen molar-refractivity contribution in [1.82, 2.24) is 10.2 Å². The van der Waals surface area contributed by atoms with E-state index in [1.807, 2.05) is 31.2 Å². The largest absolute Gasteiger partial charge is 0.497 e. The number of benzene rings is 2. The Morgan fingerprint density at radius 2 is 1.72 bits per heavy atom. The molecule has 2 amide bonds. The number of nitrogens with zero attached hydrogens (tertiary/aromatic N) is 2. The lowest BCUT2D eigenvalue weighted by molar-refractivity contribution is -0.139. The standard InChI is InChI=1S/C23H31N3O5S/c1-6-24-23(28)18(3)25(15-19-10-8-7-9-17(19)2)22(27)16-26(32(5,29)30)20-11-13-21(31-4)14-12-20/h7-14,18H,6,15-16H2,1-5H3,(H,24,28)/t18-/m0/s1. The number of amides is 2. The fourth-order valence-corrected chi connectivity index (χ4v) is 4.09. The number of sulfonamides is 1. The molecule has 0 spiro atoms. The molecule has 0 unspecified atom stereocenters. The molecule has 0 saturated carbocycles. The van der Waals surface area contributed by atoms with Crippen LogP contribution in [0.3, 0.4) is 0 Å². The number of methoxy groups -OCH3 is 1. The van der Waals surface area contributed by atoms with Gasteiger partial charge in [-0.05, 0) is 56.2 Å². The van der Waals surface area contributed by atoms with Gasteiger partial charge in [0.05, 0.1) is 19.1 Å². The molecule has 2 aromatic carbocycles. The van der Waals surface area contributed by atoms with Crippen molar-refractivity contribution in [1.29, 1.82) is 0 Å². The molecule has 0 aliphatic rings. The number of likely N-dealkylation sites (N-methyl/N-ethyl adjacent to an activating group) is 1. The Balaban J connectivity index is 2.38. The molecule has 0 heterocycles. The highest BCUT2D eigenvalue weighted by atomic mass is 32.2. The smallest absolute Gasteiger partial charge is 0.244 e. The van der Waals surface area contributed by atoms with Crippen molar-refractivity contribution in [2.24, 2.45) is 0 Å². The van der Waals surface area contributed by atoms with E-state index in [2.05, 4.69) is 5.32 Å². The van der Waals surface area contributed by atoms with Gasteiger partial charge in [0.2, 0.25) is 21.8 Å².